The van der Waals surface area contributed by atoms with Gasteiger partial charge in [-0.15, -0.1) is 0 Å². The molecule has 4 heteroatoms. The van der Waals surface area contributed by atoms with Crippen molar-refractivity contribution in [3.05, 3.63) is 18.0 Å². The quantitative estimate of drug-likeness (QED) is 0.553. The first kappa shape index (κ1) is 6.22. The molecule has 48 valence electrons. The predicted octanol–water partition coefficient (Wildman–Crippen LogP) is 0.305. The van der Waals surface area contributed by atoms with Crippen molar-refractivity contribution in [2.45, 2.75) is 0 Å². The molecule has 0 radical (unpaired) electrons. The highest BCUT2D eigenvalue weighted by molar-refractivity contribution is 7.80. The van der Waals surface area contributed by atoms with E-state index in [-0.39, 0.29) is 0 Å². The maximum atomic E-state index is 4.90. The number of hydrogen-bond donors (Lipinski definition) is 2. The second-order valence-electron chi connectivity index (χ2n) is 1.57. The lowest BCUT2D eigenvalue weighted by Crippen LogP contribution is -2.15. The summed E-state index contributed by atoms with van der Waals surface area (Å²) in [6, 6.07) is 0. The highest BCUT2D eigenvalue weighted by atomic mass is 32.1. The third-order valence-corrected chi connectivity index (χ3v) is 1.43. The predicted molar refractivity (Wildman–Crippen MR) is 39.3 cm³/mol. The number of aromatic nitrogens is 2. The van der Waals surface area contributed by atoms with E-state index in [0.717, 1.165) is 5.56 Å². The Labute approximate surface area is 58.5 Å². The molecule has 2 N–H and O–H groups in total. The average molecular weight is 141 g/mol. The van der Waals surface area contributed by atoms with Crippen LogP contribution in [0.5, 0.6) is 0 Å². The van der Waals surface area contributed by atoms with Gasteiger partial charge < -0.3 is 5.32 Å². The third kappa shape index (κ3) is 1.26. The maximum Gasteiger partial charge on any atom is 0.109 e. The van der Waals surface area contributed by atoms with Gasteiger partial charge in [0.25, 0.3) is 0 Å². The number of rotatable bonds is 1. The molecule has 0 bridgehead atoms. The minimum atomic E-state index is 0.712. The zero-order valence-corrected chi connectivity index (χ0v) is 5.83. The van der Waals surface area contributed by atoms with Gasteiger partial charge in [0.15, 0.2) is 0 Å². The van der Waals surface area contributed by atoms with Gasteiger partial charge in [-0.05, 0) is 0 Å². The second kappa shape index (κ2) is 2.59. The van der Waals surface area contributed by atoms with Crippen molar-refractivity contribution in [1.29, 1.82) is 0 Å². The van der Waals surface area contributed by atoms with Gasteiger partial charge in [-0.25, -0.2) is 0 Å². The highest BCUT2D eigenvalue weighted by Gasteiger charge is 1.95. The number of aromatic amines is 1. The molecule has 9 heavy (non-hydrogen) atoms. The van der Waals surface area contributed by atoms with Gasteiger partial charge in [0.1, 0.15) is 4.99 Å². The van der Waals surface area contributed by atoms with Gasteiger partial charge in [-0.1, -0.05) is 12.2 Å². The second-order valence-corrected chi connectivity index (χ2v) is 1.97. The van der Waals surface area contributed by atoms with Crippen molar-refractivity contribution in [2.24, 2.45) is 0 Å². The molecule has 1 aromatic rings. The minimum absolute atomic E-state index is 0.712. The van der Waals surface area contributed by atoms with E-state index in [9.17, 15) is 0 Å². The summed E-state index contributed by atoms with van der Waals surface area (Å²) in [6.45, 7) is 0. The first-order valence-corrected chi connectivity index (χ1v) is 2.96. The van der Waals surface area contributed by atoms with E-state index in [2.05, 4.69) is 15.5 Å². The van der Waals surface area contributed by atoms with Crippen LogP contribution in [0.15, 0.2) is 12.4 Å². The molecule has 0 aromatic carbocycles. The Morgan fingerprint density at radius 2 is 2.67 bits per heavy atom. The van der Waals surface area contributed by atoms with E-state index in [4.69, 9.17) is 12.2 Å². The molecule has 0 unspecified atom stereocenters. The zero-order valence-electron chi connectivity index (χ0n) is 5.01. The fraction of sp³-hybridized carbons (Fsp3) is 0.200. The number of H-pyrrole nitrogens is 1. The molecule has 0 aliphatic heterocycles. The van der Waals surface area contributed by atoms with Crippen LogP contribution in [0, 0.1) is 0 Å². The third-order valence-electron chi connectivity index (χ3n) is 0.987. The van der Waals surface area contributed by atoms with Crippen LogP contribution in [0.25, 0.3) is 0 Å². The molecule has 0 saturated carbocycles. The summed E-state index contributed by atoms with van der Waals surface area (Å²) in [4.78, 5) is 0.712. The molecular formula is C5H7N3S. The van der Waals surface area contributed by atoms with Crippen molar-refractivity contribution in [3.63, 3.8) is 0 Å². The van der Waals surface area contributed by atoms with Crippen molar-refractivity contribution < 1.29 is 0 Å². The van der Waals surface area contributed by atoms with Crippen molar-refractivity contribution in [3.8, 4) is 0 Å². The minimum Gasteiger partial charge on any atom is -0.379 e. The number of nitrogens with one attached hydrogen (secondary N) is 2. The van der Waals surface area contributed by atoms with E-state index >= 15 is 0 Å². The summed E-state index contributed by atoms with van der Waals surface area (Å²) in [6.07, 6.45) is 3.43. The normalized spacial score (nSPS) is 9.00. The van der Waals surface area contributed by atoms with Gasteiger partial charge in [0, 0.05) is 18.8 Å². The highest BCUT2D eigenvalue weighted by Crippen LogP contribution is 1.92. The van der Waals surface area contributed by atoms with Crippen LogP contribution in [0.4, 0.5) is 0 Å². The lowest BCUT2D eigenvalue weighted by Gasteiger charge is -1.94. The van der Waals surface area contributed by atoms with E-state index in [0.29, 0.717) is 4.99 Å². The fourth-order valence-corrected chi connectivity index (χ4v) is 0.631. The lowest BCUT2D eigenvalue weighted by molar-refractivity contribution is 1.09. The largest absolute Gasteiger partial charge is 0.379 e. The van der Waals surface area contributed by atoms with Crippen LogP contribution in [0.3, 0.4) is 0 Å². The number of nitrogens with zero attached hydrogens (tertiary/aromatic N) is 1. The summed E-state index contributed by atoms with van der Waals surface area (Å²) in [5, 5.41) is 9.24. The van der Waals surface area contributed by atoms with Crippen LogP contribution in [-0.4, -0.2) is 22.2 Å². The topological polar surface area (TPSA) is 40.7 Å². The first-order chi connectivity index (χ1) is 4.34. The Bertz CT molecular complexity index is 192. The van der Waals surface area contributed by atoms with Crippen LogP contribution in [0.2, 0.25) is 0 Å². The van der Waals surface area contributed by atoms with Gasteiger partial charge in [0.2, 0.25) is 0 Å². The molecule has 0 fully saturated rings. The van der Waals surface area contributed by atoms with Crippen molar-refractivity contribution in [2.75, 3.05) is 7.05 Å². The molecular weight excluding hydrogens is 134 g/mol. The molecule has 0 saturated heterocycles. The van der Waals surface area contributed by atoms with Crippen molar-refractivity contribution in [1.82, 2.24) is 15.5 Å². The summed E-state index contributed by atoms with van der Waals surface area (Å²) in [5.41, 5.74) is 0.924. The van der Waals surface area contributed by atoms with Gasteiger partial charge in [-0.2, -0.15) is 5.10 Å². The van der Waals surface area contributed by atoms with Gasteiger partial charge in [-0.3, -0.25) is 5.10 Å². The Kier molecular flexibility index (Phi) is 1.79. The Morgan fingerprint density at radius 3 is 3.11 bits per heavy atom. The zero-order chi connectivity index (χ0) is 6.69. The lowest BCUT2D eigenvalue weighted by atomic mass is 10.4. The summed E-state index contributed by atoms with van der Waals surface area (Å²) < 4.78 is 0. The summed E-state index contributed by atoms with van der Waals surface area (Å²) >= 11 is 4.90. The standard InChI is InChI=1S/C5H7N3S/c1-6-5(9)4-2-7-8-3-4/h2-3H,1H3,(H,6,9)(H,7,8). The fourth-order valence-electron chi connectivity index (χ4n) is 0.519. The molecule has 0 aliphatic carbocycles. The molecule has 1 aromatic heterocycles. The molecule has 0 amide bonds. The molecule has 1 heterocycles. The van der Waals surface area contributed by atoms with Crippen molar-refractivity contribution >= 4 is 17.2 Å². The summed E-state index contributed by atoms with van der Waals surface area (Å²) in [5.74, 6) is 0. The molecule has 0 spiro atoms. The average Bonchev–Trinajstić information content (AvgIpc) is 2.37. The van der Waals surface area contributed by atoms with Crippen LogP contribution in [-0.2, 0) is 0 Å². The van der Waals surface area contributed by atoms with Crippen LogP contribution >= 0.6 is 12.2 Å². The Morgan fingerprint density at radius 1 is 1.89 bits per heavy atom. The number of thiocarbonyl (C=S) groups is 1. The summed E-state index contributed by atoms with van der Waals surface area (Å²) in [7, 11) is 1.79. The first-order valence-electron chi connectivity index (χ1n) is 2.55. The number of hydrogen-bond acceptors (Lipinski definition) is 2. The molecule has 3 nitrogen and oxygen atoms in total. The van der Waals surface area contributed by atoms with E-state index in [1.807, 2.05) is 0 Å². The Hall–Kier alpha value is -0.900. The Balaban J connectivity index is 2.77. The SMILES string of the molecule is CNC(=S)c1cn[nH]c1. The van der Waals surface area contributed by atoms with E-state index in [1.165, 1.54) is 0 Å². The smallest absolute Gasteiger partial charge is 0.109 e. The van der Waals surface area contributed by atoms with Gasteiger partial charge >= 0.3 is 0 Å². The van der Waals surface area contributed by atoms with Gasteiger partial charge in [0.05, 0.1) is 6.20 Å². The molecule has 1 rings (SSSR count). The molecule has 0 atom stereocenters. The van der Waals surface area contributed by atoms with E-state index in [1.54, 1.807) is 19.4 Å². The van der Waals surface area contributed by atoms with Crippen LogP contribution < -0.4 is 5.32 Å². The maximum absolute atomic E-state index is 4.90. The monoisotopic (exact) mass is 141 g/mol. The van der Waals surface area contributed by atoms with Crippen LogP contribution in [0.1, 0.15) is 5.56 Å². The van der Waals surface area contributed by atoms with E-state index < -0.39 is 0 Å². The molecule has 0 aliphatic rings.